The molecule has 1 saturated heterocycles. The van der Waals surface area contributed by atoms with E-state index < -0.39 is 21.2 Å². The maximum atomic E-state index is 13.2. The second-order valence-corrected chi connectivity index (χ2v) is 14.1. The van der Waals surface area contributed by atoms with Crippen LogP contribution >= 0.6 is 0 Å². The zero-order valence-electron chi connectivity index (χ0n) is 21.7. The molecule has 196 valence electrons. The highest BCUT2D eigenvalue weighted by Gasteiger charge is 2.48. The number of piperidine rings is 1. The smallest absolute Gasteiger partial charge is 0.242 e. The molecular formula is C30H36N2O3S2. The van der Waals surface area contributed by atoms with Crippen LogP contribution in [0.25, 0.3) is 0 Å². The molecule has 2 atom stereocenters. The Morgan fingerprint density at radius 1 is 1.00 bits per heavy atom. The Morgan fingerprint density at radius 3 is 2.43 bits per heavy atom. The lowest BCUT2D eigenvalue weighted by atomic mass is 9.74. The number of hydrogen-bond acceptors (Lipinski definition) is 4. The number of sulfonamides is 1. The minimum atomic E-state index is -3.55. The number of likely N-dealkylation sites (tertiary alicyclic amines) is 1. The fourth-order valence-electron chi connectivity index (χ4n) is 5.93. The van der Waals surface area contributed by atoms with Crippen molar-refractivity contribution in [1.82, 2.24) is 9.21 Å². The van der Waals surface area contributed by atoms with Gasteiger partial charge in [-0.3, -0.25) is 0 Å². The molecule has 5 rings (SSSR count). The topological polar surface area (TPSA) is 63.7 Å². The zero-order chi connectivity index (χ0) is 26.0. The molecule has 3 aromatic carbocycles. The summed E-state index contributed by atoms with van der Waals surface area (Å²) >= 11 is -0.896. The molecule has 2 aliphatic rings. The molecule has 0 aromatic heterocycles. The first-order valence-electron chi connectivity index (χ1n) is 13.1. The normalized spacial score (nSPS) is 20.3. The van der Waals surface area contributed by atoms with E-state index in [2.05, 4.69) is 48.2 Å². The first-order chi connectivity index (χ1) is 17.8. The Bertz CT molecular complexity index is 1320. The number of fused-ring (bicyclic) bond motifs is 2. The second-order valence-electron chi connectivity index (χ2n) is 10.6. The van der Waals surface area contributed by atoms with Crippen molar-refractivity contribution < 1.29 is 13.0 Å². The summed E-state index contributed by atoms with van der Waals surface area (Å²) in [4.78, 5) is 3.86. The Kier molecular flexibility index (Phi) is 7.80. The first kappa shape index (κ1) is 26.4. The van der Waals surface area contributed by atoms with Gasteiger partial charge in [-0.15, -0.1) is 0 Å². The molecule has 0 bridgehead atoms. The maximum Gasteiger partial charge on any atom is 0.242 e. The Hall–Kier alpha value is -2.16. The van der Waals surface area contributed by atoms with Crippen LogP contribution in [-0.4, -0.2) is 61.2 Å². The molecule has 0 radical (unpaired) electrons. The highest BCUT2D eigenvalue weighted by molar-refractivity contribution is 7.91. The van der Waals surface area contributed by atoms with Crippen LogP contribution in [0.1, 0.15) is 41.9 Å². The average Bonchev–Trinajstić information content (AvgIpc) is 3.19. The average molecular weight is 537 g/mol. The molecular weight excluding hydrogens is 500 g/mol. The van der Waals surface area contributed by atoms with Crippen molar-refractivity contribution in [2.75, 3.05) is 39.0 Å². The van der Waals surface area contributed by atoms with Gasteiger partial charge in [-0.1, -0.05) is 66.2 Å². The van der Waals surface area contributed by atoms with E-state index in [1.807, 2.05) is 18.2 Å². The SMILES string of the molecule is Cc1cccc([C@H](CCN2CCC3(CC2)C[S+]([O-])c2ccccc23)CN(C)S(=O)(=O)c2ccccc2)c1. The maximum absolute atomic E-state index is 13.2. The van der Waals surface area contributed by atoms with Crippen molar-refractivity contribution in [2.24, 2.45) is 0 Å². The van der Waals surface area contributed by atoms with Gasteiger partial charge in [0.05, 0.1) is 4.90 Å². The van der Waals surface area contributed by atoms with E-state index in [-0.39, 0.29) is 11.3 Å². The van der Waals surface area contributed by atoms with Crippen molar-refractivity contribution in [1.29, 1.82) is 0 Å². The minimum Gasteiger partial charge on any atom is -0.611 e. The highest BCUT2D eigenvalue weighted by Crippen LogP contribution is 2.46. The summed E-state index contributed by atoms with van der Waals surface area (Å²) < 4.78 is 40.7. The van der Waals surface area contributed by atoms with Gasteiger partial charge in [-0.2, -0.15) is 0 Å². The van der Waals surface area contributed by atoms with Crippen molar-refractivity contribution >= 4 is 21.2 Å². The third-order valence-corrected chi connectivity index (χ3v) is 11.7. The first-order valence-corrected chi connectivity index (χ1v) is 15.8. The number of rotatable bonds is 8. The number of aryl methyl sites for hydroxylation is 1. The molecule has 0 N–H and O–H groups in total. The van der Waals surface area contributed by atoms with E-state index in [1.54, 1.807) is 31.3 Å². The summed E-state index contributed by atoms with van der Waals surface area (Å²) in [7, 11) is -1.87. The second kappa shape index (κ2) is 10.9. The predicted octanol–water partition coefficient (Wildman–Crippen LogP) is 4.94. The molecule has 7 heteroatoms. The van der Waals surface area contributed by atoms with Crippen LogP contribution in [-0.2, 0) is 26.6 Å². The van der Waals surface area contributed by atoms with Crippen LogP contribution in [0.5, 0.6) is 0 Å². The third-order valence-electron chi connectivity index (χ3n) is 8.16. The third kappa shape index (κ3) is 5.52. The summed E-state index contributed by atoms with van der Waals surface area (Å²) in [6.45, 7) is 5.39. The van der Waals surface area contributed by atoms with E-state index in [1.165, 1.54) is 21.0 Å². The fraction of sp³-hybridized carbons (Fsp3) is 0.400. The predicted molar refractivity (Wildman–Crippen MR) is 150 cm³/mol. The van der Waals surface area contributed by atoms with Crippen LogP contribution < -0.4 is 0 Å². The van der Waals surface area contributed by atoms with Crippen LogP contribution in [0, 0.1) is 6.92 Å². The molecule has 0 aliphatic carbocycles. The molecule has 1 spiro atoms. The Morgan fingerprint density at radius 2 is 1.70 bits per heavy atom. The number of benzene rings is 3. The molecule has 0 amide bonds. The lowest BCUT2D eigenvalue weighted by Gasteiger charge is -2.38. The molecule has 2 heterocycles. The van der Waals surface area contributed by atoms with E-state index >= 15 is 0 Å². The lowest BCUT2D eigenvalue weighted by molar-refractivity contribution is 0.165. The summed E-state index contributed by atoms with van der Waals surface area (Å²) in [5, 5.41) is 0. The Labute approximate surface area is 224 Å². The molecule has 3 aromatic rings. The number of likely N-dealkylation sites (N-methyl/N-ethyl adjacent to an activating group) is 1. The highest BCUT2D eigenvalue weighted by atomic mass is 32.2. The van der Waals surface area contributed by atoms with Gasteiger partial charge in [0.1, 0.15) is 5.75 Å². The summed E-state index contributed by atoms with van der Waals surface area (Å²) in [6.07, 6.45) is 2.92. The minimum absolute atomic E-state index is 0.0396. The largest absolute Gasteiger partial charge is 0.611 e. The monoisotopic (exact) mass is 536 g/mol. The van der Waals surface area contributed by atoms with Crippen LogP contribution in [0.4, 0.5) is 0 Å². The van der Waals surface area contributed by atoms with Crippen molar-refractivity contribution in [3.8, 4) is 0 Å². The van der Waals surface area contributed by atoms with Gasteiger partial charge in [-0.05, 0) is 86.7 Å². The van der Waals surface area contributed by atoms with E-state index in [0.717, 1.165) is 49.5 Å². The van der Waals surface area contributed by atoms with Gasteiger partial charge in [-0.25, -0.2) is 12.7 Å². The number of hydrogen-bond donors (Lipinski definition) is 0. The van der Waals surface area contributed by atoms with Crippen LogP contribution in [0.2, 0.25) is 0 Å². The van der Waals surface area contributed by atoms with Gasteiger partial charge < -0.3 is 9.45 Å². The van der Waals surface area contributed by atoms with Crippen molar-refractivity contribution in [2.45, 2.75) is 47.3 Å². The zero-order valence-corrected chi connectivity index (χ0v) is 23.3. The van der Waals surface area contributed by atoms with Gasteiger partial charge in [0.15, 0.2) is 4.90 Å². The molecule has 1 fully saturated rings. The molecule has 0 saturated carbocycles. The fourth-order valence-corrected chi connectivity index (χ4v) is 9.03. The summed E-state index contributed by atoms with van der Waals surface area (Å²) in [5.74, 6) is 0.841. The van der Waals surface area contributed by atoms with Crippen molar-refractivity contribution in [3.63, 3.8) is 0 Å². The lowest BCUT2D eigenvalue weighted by Crippen LogP contribution is -2.44. The van der Waals surface area contributed by atoms with Gasteiger partial charge in [0, 0.05) is 24.6 Å². The Balaban J connectivity index is 1.27. The quantitative estimate of drug-likeness (QED) is 0.383. The molecule has 2 aliphatic heterocycles. The standard InChI is InChI=1S/C30H36N2O3S2/c1-24-9-8-10-25(21-24)26(22-31(2)37(34,35)27-11-4-3-5-12-27)15-18-32-19-16-30(17-20-32)23-36(33)29-14-7-6-13-28(29)30/h3-14,21,26H,15-20,22-23H2,1-2H3/t26-,36?/m1/s1. The van der Waals surface area contributed by atoms with E-state index in [9.17, 15) is 13.0 Å². The van der Waals surface area contributed by atoms with E-state index in [0.29, 0.717) is 11.4 Å². The molecule has 1 unspecified atom stereocenters. The van der Waals surface area contributed by atoms with Crippen molar-refractivity contribution in [3.05, 3.63) is 95.6 Å². The van der Waals surface area contributed by atoms with Gasteiger partial charge >= 0.3 is 0 Å². The summed E-state index contributed by atoms with van der Waals surface area (Å²) in [5.41, 5.74) is 3.70. The van der Waals surface area contributed by atoms with Gasteiger partial charge in [0.2, 0.25) is 10.0 Å². The molecule has 5 nitrogen and oxygen atoms in total. The van der Waals surface area contributed by atoms with Crippen LogP contribution in [0.3, 0.4) is 0 Å². The van der Waals surface area contributed by atoms with Gasteiger partial charge in [0.25, 0.3) is 0 Å². The summed E-state index contributed by atoms with van der Waals surface area (Å²) in [6, 6.07) is 25.4. The number of nitrogens with zero attached hydrogens (tertiary/aromatic N) is 2. The van der Waals surface area contributed by atoms with E-state index in [4.69, 9.17) is 0 Å². The van der Waals surface area contributed by atoms with Crippen LogP contribution in [0.15, 0.2) is 88.7 Å². The molecule has 37 heavy (non-hydrogen) atoms.